The van der Waals surface area contributed by atoms with Crippen LogP contribution in [0.2, 0.25) is 0 Å². The zero-order chi connectivity index (χ0) is 15.2. The van der Waals surface area contributed by atoms with Crippen LogP contribution in [0.25, 0.3) is 11.0 Å². The quantitative estimate of drug-likeness (QED) is 0.603. The Labute approximate surface area is 122 Å². The second-order valence-corrected chi connectivity index (χ2v) is 5.05. The van der Waals surface area contributed by atoms with E-state index >= 15 is 0 Å². The normalized spacial score (nSPS) is 10.8. The van der Waals surface area contributed by atoms with E-state index in [9.17, 15) is 4.79 Å². The molecule has 0 unspecified atom stereocenters. The van der Waals surface area contributed by atoms with Crippen molar-refractivity contribution in [3.05, 3.63) is 40.2 Å². The minimum Gasteiger partial charge on any atom is -0.487 e. The third-order valence-corrected chi connectivity index (χ3v) is 2.78. The molecule has 1 aromatic heterocycles. The Kier molecular flexibility index (Phi) is 4.96. The number of nitriles is 1. The van der Waals surface area contributed by atoms with Crippen molar-refractivity contribution in [1.29, 1.82) is 5.26 Å². The Morgan fingerprint density at radius 3 is 2.86 bits per heavy atom. The molecule has 5 nitrogen and oxygen atoms in total. The zero-order valence-corrected chi connectivity index (χ0v) is 12.1. The summed E-state index contributed by atoms with van der Waals surface area (Å²) in [6.07, 6.45) is 0. The molecule has 0 amide bonds. The van der Waals surface area contributed by atoms with Crippen LogP contribution in [0.15, 0.2) is 33.5 Å². The van der Waals surface area contributed by atoms with Crippen LogP contribution in [0.5, 0.6) is 5.75 Å². The number of rotatable bonds is 6. The minimum absolute atomic E-state index is 0.0140. The highest BCUT2D eigenvalue weighted by molar-refractivity contribution is 5.83. The van der Waals surface area contributed by atoms with Crippen molar-refractivity contribution in [3.63, 3.8) is 0 Å². The molecule has 0 radical (unpaired) electrons. The van der Waals surface area contributed by atoms with Gasteiger partial charge in [0.2, 0.25) is 0 Å². The van der Waals surface area contributed by atoms with Crippen molar-refractivity contribution in [2.75, 3.05) is 19.8 Å². The summed E-state index contributed by atoms with van der Waals surface area (Å²) in [4.78, 5) is 11.6. The van der Waals surface area contributed by atoms with Crippen LogP contribution in [0.1, 0.15) is 19.4 Å². The van der Waals surface area contributed by atoms with Gasteiger partial charge in [0, 0.05) is 12.0 Å². The van der Waals surface area contributed by atoms with Crippen molar-refractivity contribution < 1.29 is 13.9 Å². The average molecular weight is 287 g/mol. The Morgan fingerprint density at radius 2 is 2.14 bits per heavy atom. The molecular weight excluding hydrogens is 270 g/mol. The van der Waals surface area contributed by atoms with Gasteiger partial charge in [-0.1, -0.05) is 26.0 Å². The Bertz CT molecular complexity index is 712. The highest BCUT2D eigenvalue weighted by atomic mass is 16.5. The third kappa shape index (κ3) is 3.83. The summed E-state index contributed by atoms with van der Waals surface area (Å²) >= 11 is 0. The van der Waals surface area contributed by atoms with Crippen LogP contribution >= 0.6 is 0 Å². The lowest BCUT2D eigenvalue weighted by atomic mass is 10.2. The fourth-order valence-corrected chi connectivity index (χ4v) is 1.84. The van der Waals surface area contributed by atoms with Gasteiger partial charge in [0.05, 0.1) is 6.61 Å². The number of para-hydroxylation sites is 1. The van der Waals surface area contributed by atoms with Gasteiger partial charge in [0.15, 0.2) is 11.3 Å². The Morgan fingerprint density at radius 1 is 1.33 bits per heavy atom. The average Bonchev–Trinajstić information content (AvgIpc) is 2.46. The predicted molar refractivity (Wildman–Crippen MR) is 78.4 cm³/mol. The van der Waals surface area contributed by atoms with E-state index in [2.05, 4.69) is 13.8 Å². The molecule has 0 aliphatic carbocycles. The molecule has 2 aromatic rings. The van der Waals surface area contributed by atoms with Gasteiger partial charge in [-0.3, -0.25) is 0 Å². The van der Waals surface area contributed by atoms with E-state index in [-0.39, 0.29) is 5.56 Å². The summed E-state index contributed by atoms with van der Waals surface area (Å²) in [6, 6.07) is 8.59. The van der Waals surface area contributed by atoms with Gasteiger partial charge in [-0.25, -0.2) is 4.79 Å². The first kappa shape index (κ1) is 15.1. The van der Waals surface area contributed by atoms with E-state index in [4.69, 9.17) is 19.2 Å². The molecule has 0 aliphatic rings. The van der Waals surface area contributed by atoms with E-state index in [1.54, 1.807) is 18.2 Å². The van der Waals surface area contributed by atoms with E-state index < -0.39 is 5.63 Å². The second-order valence-electron chi connectivity index (χ2n) is 5.05. The highest BCUT2D eigenvalue weighted by Gasteiger charge is 2.09. The second kappa shape index (κ2) is 6.91. The first-order chi connectivity index (χ1) is 10.1. The standard InChI is InChI=1S/C16H17NO4/c1-11(2)10-19-6-7-20-14-5-3-4-12-8-13(9-17)16(18)21-15(12)14/h3-5,8,11H,6-7,10H2,1-2H3. The maximum Gasteiger partial charge on any atom is 0.354 e. The van der Waals surface area contributed by atoms with E-state index in [1.165, 1.54) is 6.07 Å². The van der Waals surface area contributed by atoms with Crippen LogP contribution in [0.3, 0.4) is 0 Å². The summed E-state index contributed by atoms with van der Waals surface area (Å²) in [5.74, 6) is 0.951. The molecule has 2 rings (SSSR count). The van der Waals surface area contributed by atoms with E-state index in [1.807, 2.05) is 6.07 Å². The Balaban J connectivity index is 2.12. The van der Waals surface area contributed by atoms with Crippen molar-refractivity contribution in [2.45, 2.75) is 13.8 Å². The van der Waals surface area contributed by atoms with Gasteiger partial charge < -0.3 is 13.9 Å². The molecular formula is C16H17NO4. The molecule has 1 heterocycles. The van der Waals surface area contributed by atoms with Crippen LogP contribution < -0.4 is 10.4 Å². The van der Waals surface area contributed by atoms with Crippen molar-refractivity contribution in [2.24, 2.45) is 5.92 Å². The van der Waals surface area contributed by atoms with Crippen molar-refractivity contribution in [1.82, 2.24) is 0 Å². The van der Waals surface area contributed by atoms with Gasteiger partial charge in [0.25, 0.3) is 0 Å². The lowest BCUT2D eigenvalue weighted by Gasteiger charge is -2.09. The summed E-state index contributed by atoms with van der Waals surface area (Å²) in [5, 5.41) is 9.49. The summed E-state index contributed by atoms with van der Waals surface area (Å²) in [6.45, 7) is 5.67. The molecule has 0 bridgehead atoms. The van der Waals surface area contributed by atoms with Crippen LogP contribution in [-0.4, -0.2) is 19.8 Å². The van der Waals surface area contributed by atoms with Gasteiger partial charge in [-0.2, -0.15) is 5.26 Å². The predicted octanol–water partition coefficient (Wildman–Crippen LogP) is 2.72. The third-order valence-electron chi connectivity index (χ3n) is 2.78. The van der Waals surface area contributed by atoms with Crippen molar-refractivity contribution in [3.8, 4) is 11.8 Å². The van der Waals surface area contributed by atoms with Gasteiger partial charge in [-0.15, -0.1) is 0 Å². The largest absolute Gasteiger partial charge is 0.487 e. The van der Waals surface area contributed by atoms with E-state index in [0.717, 1.165) is 0 Å². The molecule has 0 spiro atoms. The molecule has 0 aliphatic heterocycles. The minimum atomic E-state index is -0.655. The lowest BCUT2D eigenvalue weighted by molar-refractivity contribution is 0.0820. The topological polar surface area (TPSA) is 72.5 Å². The van der Waals surface area contributed by atoms with Crippen molar-refractivity contribution >= 4 is 11.0 Å². The SMILES string of the molecule is CC(C)COCCOc1cccc2cc(C#N)c(=O)oc12. The number of benzene rings is 1. The number of hydrogen-bond acceptors (Lipinski definition) is 5. The summed E-state index contributed by atoms with van der Waals surface area (Å²) in [7, 11) is 0. The Hall–Kier alpha value is -2.32. The molecule has 1 aromatic carbocycles. The van der Waals surface area contributed by atoms with Gasteiger partial charge in [-0.05, 0) is 18.1 Å². The number of ether oxygens (including phenoxy) is 2. The number of fused-ring (bicyclic) bond motifs is 1. The smallest absolute Gasteiger partial charge is 0.354 e. The highest BCUT2D eigenvalue weighted by Crippen LogP contribution is 2.24. The summed E-state index contributed by atoms with van der Waals surface area (Å²) < 4.78 is 16.2. The van der Waals surface area contributed by atoms with E-state index in [0.29, 0.717) is 42.5 Å². The molecule has 0 fully saturated rings. The van der Waals surface area contributed by atoms with Crippen LogP contribution in [0.4, 0.5) is 0 Å². The van der Waals surface area contributed by atoms with Gasteiger partial charge in [0.1, 0.15) is 18.2 Å². The number of hydrogen-bond donors (Lipinski definition) is 0. The van der Waals surface area contributed by atoms with Crippen LogP contribution in [-0.2, 0) is 4.74 Å². The maximum atomic E-state index is 11.6. The molecule has 0 atom stereocenters. The first-order valence-electron chi connectivity index (χ1n) is 6.79. The maximum absolute atomic E-state index is 11.6. The zero-order valence-electron chi connectivity index (χ0n) is 12.1. The lowest BCUT2D eigenvalue weighted by Crippen LogP contribution is -2.10. The first-order valence-corrected chi connectivity index (χ1v) is 6.79. The molecule has 0 saturated heterocycles. The summed E-state index contributed by atoms with van der Waals surface area (Å²) in [5.41, 5.74) is -0.317. The number of nitrogens with zero attached hydrogens (tertiary/aromatic N) is 1. The van der Waals surface area contributed by atoms with Crippen LogP contribution in [0, 0.1) is 17.2 Å². The molecule has 0 saturated carbocycles. The fraction of sp³-hybridized carbons (Fsp3) is 0.375. The monoisotopic (exact) mass is 287 g/mol. The molecule has 21 heavy (non-hydrogen) atoms. The molecule has 0 N–H and O–H groups in total. The molecule has 5 heteroatoms. The molecule has 110 valence electrons. The van der Waals surface area contributed by atoms with Gasteiger partial charge >= 0.3 is 5.63 Å². The fourth-order valence-electron chi connectivity index (χ4n) is 1.84.